The molecule has 0 aromatic rings. The van der Waals surface area contributed by atoms with E-state index in [-0.39, 0.29) is 5.91 Å². The molecule has 0 N–H and O–H groups in total. The minimum absolute atomic E-state index is 0.244. The fraction of sp³-hybridized carbons (Fsp3) is 0.957. The largest absolute Gasteiger partial charge is 0.381 e. The summed E-state index contributed by atoms with van der Waals surface area (Å²) in [4.78, 5) is 17.6. The molecule has 0 bridgehead atoms. The van der Waals surface area contributed by atoms with E-state index < -0.39 is 0 Å². The lowest BCUT2D eigenvalue weighted by atomic mass is 9.84. The number of piperidine rings is 1. The third kappa shape index (κ3) is 4.27. The van der Waals surface area contributed by atoms with Gasteiger partial charge in [0.15, 0.2) is 0 Å². The maximum atomic E-state index is 12.6. The summed E-state index contributed by atoms with van der Waals surface area (Å²) in [7, 11) is 0. The number of carbonyl (C=O) groups is 1. The smallest absolute Gasteiger partial charge is 0.249 e. The number of ether oxygens (including phenoxy) is 2. The van der Waals surface area contributed by atoms with Crippen molar-refractivity contribution in [3.8, 4) is 0 Å². The number of morpholine rings is 1. The molecule has 2 heterocycles. The second-order valence-electron chi connectivity index (χ2n) is 10.1. The predicted octanol–water partition coefficient (Wildman–Crippen LogP) is 3.22. The fourth-order valence-electron chi connectivity index (χ4n) is 6.22. The van der Waals surface area contributed by atoms with Crippen LogP contribution in [0, 0.1) is 11.8 Å². The zero-order chi connectivity index (χ0) is 18.9. The standard InChI is InChI=1S/C23H38N2O3/c26-23-16-28-22-3-1-2-21(22)25(23)20-10-12-24(13-11-20)19-8-6-18(7-9-19)15-27-14-17-4-5-17/h17-22H,1-16H2/t18-,19+,21-,22+/m0/s1. The van der Waals surface area contributed by atoms with Crippen molar-refractivity contribution in [2.24, 2.45) is 11.8 Å². The van der Waals surface area contributed by atoms with Gasteiger partial charge in [-0.25, -0.2) is 0 Å². The number of rotatable bonds is 6. The molecule has 3 aliphatic carbocycles. The third-order valence-corrected chi connectivity index (χ3v) is 8.11. The molecule has 5 aliphatic rings. The molecule has 0 unspecified atom stereocenters. The quantitative estimate of drug-likeness (QED) is 0.698. The van der Waals surface area contributed by atoms with E-state index in [2.05, 4.69) is 9.80 Å². The van der Waals surface area contributed by atoms with E-state index >= 15 is 0 Å². The first-order valence-corrected chi connectivity index (χ1v) is 12.0. The van der Waals surface area contributed by atoms with Crippen molar-refractivity contribution in [1.82, 2.24) is 9.80 Å². The molecule has 0 aromatic carbocycles. The van der Waals surface area contributed by atoms with Gasteiger partial charge in [0.25, 0.3) is 0 Å². The van der Waals surface area contributed by atoms with E-state index in [9.17, 15) is 4.79 Å². The Morgan fingerprint density at radius 1 is 0.821 bits per heavy atom. The first kappa shape index (κ1) is 19.3. The molecule has 5 rings (SSSR count). The normalized spacial score (nSPS) is 38.0. The van der Waals surface area contributed by atoms with Crippen molar-refractivity contribution >= 4 is 5.91 Å². The molecule has 2 aliphatic heterocycles. The first-order valence-electron chi connectivity index (χ1n) is 12.0. The Morgan fingerprint density at radius 2 is 1.50 bits per heavy atom. The van der Waals surface area contributed by atoms with Gasteiger partial charge in [-0.2, -0.15) is 0 Å². The van der Waals surface area contributed by atoms with Crippen LogP contribution in [0.1, 0.15) is 70.6 Å². The highest BCUT2D eigenvalue weighted by atomic mass is 16.5. The van der Waals surface area contributed by atoms with Crippen LogP contribution in [0.5, 0.6) is 0 Å². The van der Waals surface area contributed by atoms with Gasteiger partial charge in [-0.1, -0.05) is 0 Å². The molecule has 0 aromatic heterocycles. The van der Waals surface area contributed by atoms with E-state index in [4.69, 9.17) is 9.47 Å². The van der Waals surface area contributed by atoms with Gasteiger partial charge >= 0.3 is 0 Å². The Balaban J connectivity index is 1.06. The van der Waals surface area contributed by atoms with E-state index in [0.29, 0.717) is 24.8 Å². The van der Waals surface area contributed by atoms with Gasteiger partial charge in [-0.15, -0.1) is 0 Å². The lowest BCUT2D eigenvalue weighted by Crippen LogP contribution is -2.59. The minimum Gasteiger partial charge on any atom is -0.381 e. The molecule has 28 heavy (non-hydrogen) atoms. The van der Waals surface area contributed by atoms with Crippen LogP contribution in [-0.4, -0.2) is 72.8 Å². The van der Waals surface area contributed by atoms with Gasteiger partial charge in [0, 0.05) is 38.4 Å². The number of carbonyl (C=O) groups excluding carboxylic acids is 1. The Labute approximate surface area is 170 Å². The maximum Gasteiger partial charge on any atom is 0.249 e. The van der Waals surface area contributed by atoms with Crippen LogP contribution in [0.25, 0.3) is 0 Å². The molecular formula is C23H38N2O3. The molecule has 1 amide bonds. The van der Waals surface area contributed by atoms with Gasteiger partial charge in [-0.3, -0.25) is 4.79 Å². The monoisotopic (exact) mass is 390 g/mol. The van der Waals surface area contributed by atoms with Crippen molar-refractivity contribution in [2.45, 2.75) is 94.9 Å². The molecule has 3 saturated carbocycles. The second kappa shape index (κ2) is 8.61. The lowest BCUT2D eigenvalue weighted by molar-refractivity contribution is -0.160. The summed E-state index contributed by atoms with van der Waals surface area (Å²) >= 11 is 0. The molecule has 2 saturated heterocycles. The third-order valence-electron chi connectivity index (χ3n) is 8.11. The zero-order valence-electron chi connectivity index (χ0n) is 17.4. The zero-order valence-corrected chi connectivity index (χ0v) is 17.4. The number of nitrogens with zero attached hydrogens (tertiary/aromatic N) is 2. The van der Waals surface area contributed by atoms with Crippen molar-refractivity contribution in [3.63, 3.8) is 0 Å². The van der Waals surface area contributed by atoms with Gasteiger partial charge in [-0.05, 0) is 82.5 Å². The molecular weight excluding hydrogens is 352 g/mol. The lowest BCUT2D eigenvalue weighted by Gasteiger charge is -2.47. The summed E-state index contributed by atoms with van der Waals surface area (Å²) < 4.78 is 11.7. The van der Waals surface area contributed by atoms with Gasteiger partial charge in [0.1, 0.15) is 6.61 Å². The van der Waals surface area contributed by atoms with Crippen LogP contribution in [-0.2, 0) is 14.3 Å². The second-order valence-corrected chi connectivity index (χ2v) is 10.1. The van der Waals surface area contributed by atoms with Crippen molar-refractivity contribution in [3.05, 3.63) is 0 Å². The Kier molecular flexibility index (Phi) is 5.94. The average molecular weight is 391 g/mol. The number of likely N-dealkylation sites (tertiary alicyclic amines) is 1. The number of hydrogen-bond donors (Lipinski definition) is 0. The van der Waals surface area contributed by atoms with Gasteiger partial charge in [0.05, 0.1) is 12.1 Å². The van der Waals surface area contributed by atoms with E-state index in [1.807, 2.05) is 0 Å². The number of amides is 1. The molecule has 158 valence electrons. The summed E-state index contributed by atoms with van der Waals surface area (Å²) in [6.45, 7) is 4.65. The first-order chi connectivity index (χ1) is 13.8. The molecule has 5 nitrogen and oxygen atoms in total. The fourth-order valence-corrected chi connectivity index (χ4v) is 6.22. The van der Waals surface area contributed by atoms with Crippen molar-refractivity contribution in [1.29, 1.82) is 0 Å². The van der Waals surface area contributed by atoms with E-state index in [1.165, 1.54) is 58.0 Å². The Hall–Kier alpha value is -0.650. The van der Waals surface area contributed by atoms with Gasteiger partial charge in [0.2, 0.25) is 5.91 Å². The summed E-state index contributed by atoms with van der Waals surface area (Å²) in [5, 5.41) is 0. The summed E-state index contributed by atoms with van der Waals surface area (Å²) in [6.07, 6.45) is 14.2. The molecule has 5 fully saturated rings. The highest BCUT2D eigenvalue weighted by Crippen LogP contribution is 2.35. The number of fused-ring (bicyclic) bond motifs is 1. The summed E-state index contributed by atoms with van der Waals surface area (Å²) in [6, 6.07) is 1.58. The van der Waals surface area contributed by atoms with E-state index in [1.54, 1.807) is 0 Å². The SMILES string of the molecule is O=C1CO[C@@H]2CCC[C@@H]2N1C1CCN([C@H]2CC[C@@H](COCC3CC3)CC2)CC1. The maximum absolute atomic E-state index is 12.6. The number of hydrogen-bond acceptors (Lipinski definition) is 4. The molecule has 5 heteroatoms. The van der Waals surface area contributed by atoms with Crippen LogP contribution in [0.15, 0.2) is 0 Å². The predicted molar refractivity (Wildman–Crippen MR) is 108 cm³/mol. The van der Waals surface area contributed by atoms with Crippen LogP contribution >= 0.6 is 0 Å². The van der Waals surface area contributed by atoms with Crippen LogP contribution in [0.2, 0.25) is 0 Å². The van der Waals surface area contributed by atoms with E-state index in [0.717, 1.165) is 56.8 Å². The average Bonchev–Trinajstić information content (AvgIpc) is 3.43. The van der Waals surface area contributed by atoms with Crippen LogP contribution < -0.4 is 0 Å². The summed E-state index contributed by atoms with van der Waals surface area (Å²) in [5.41, 5.74) is 0. The Morgan fingerprint density at radius 3 is 2.18 bits per heavy atom. The molecule has 0 radical (unpaired) electrons. The topological polar surface area (TPSA) is 42.0 Å². The highest BCUT2D eigenvalue weighted by molar-refractivity contribution is 5.79. The highest BCUT2D eigenvalue weighted by Gasteiger charge is 2.43. The van der Waals surface area contributed by atoms with Crippen LogP contribution in [0.3, 0.4) is 0 Å². The van der Waals surface area contributed by atoms with Gasteiger partial charge < -0.3 is 19.3 Å². The summed E-state index contributed by atoms with van der Waals surface area (Å²) in [5.74, 6) is 1.92. The molecule has 0 spiro atoms. The Bertz CT molecular complexity index is 536. The minimum atomic E-state index is 0.244. The molecule has 2 atom stereocenters. The van der Waals surface area contributed by atoms with Crippen molar-refractivity contribution in [2.75, 3.05) is 32.9 Å². The van der Waals surface area contributed by atoms with Crippen LogP contribution in [0.4, 0.5) is 0 Å². The van der Waals surface area contributed by atoms with Crippen molar-refractivity contribution < 1.29 is 14.3 Å².